The summed E-state index contributed by atoms with van der Waals surface area (Å²) in [5.74, 6) is 0.521. The van der Waals surface area contributed by atoms with Gasteiger partial charge in [-0.1, -0.05) is 36.7 Å². The molecule has 0 radical (unpaired) electrons. The van der Waals surface area contributed by atoms with E-state index < -0.39 is 0 Å². The van der Waals surface area contributed by atoms with Crippen LogP contribution in [0, 0.1) is 12.7 Å². The zero-order chi connectivity index (χ0) is 15.4. The van der Waals surface area contributed by atoms with Crippen LogP contribution in [0.25, 0.3) is 0 Å². The van der Waals surface area contributed by atoms with Crippen LogP contribution in [0.15, 0.2) is 36.4 Å². The molecule has 1 atom stereocenters. The number of benzene rings is 2. The summed E-state index contributed by atoms with van der Waals surface area (Å²) in [5.41, 5.74) is 2.61. The monoisotopic (exact) mass is 307 g/mol. The summed E-state index contributed by atoms with van der Waals surface area (Å²) in [6.07, 6.45) is 0. The molecule has 0 aliphatic rings. The van der Waals surface area contributed by atoms with E-state index >= 15 is 0 Å². The largest absolute Gasteiger partial charge is 0.496 e. The summed E-state index contributed by atoms with van der Waals surface area (Å²) in [4.78, 5) is 0. The molecule has 0 aromatic heterocycles. The topological polar surface area (TPSA) is 21.3 Å². The molecule has 2 nitrogen and oxygen atoms in total. The molecular formula is C17H19ClFNO. The number of rotatable bonds is 5. The minimum absolute atomic E-state index is 0.211. The highest BCUT2D eigenvalue weighted by Crippen LogP contribution is 2.29. The van der Waals surface area contributed by atoms with Gasteiger partial charge in [-0.2, -0.15) is 0 Å². The van der Waals surface area contributed by atoms with Gasteiger partial charge in [-0.05, 0) is 42.8 Å². The summed E-state index contributed by atoms with van der Waals surface area (Å²) in [7, 11) is 1.64. The number of ether oxygens (including phenoxy) is 1. The van der Waals surface area contributed by atoms with Gasteiger partial charge in [-0.25, -0.2) is 4.39 Å². The van der Waals surface area contributed by atoms with Crippen LogP contribution >= 0.6 is 11.6 Å². The van der Waals surface area contributed by atoms with Crippen LogP contribution < -0.4 is 10.1 Å². The average Bonchev–Trinajstić information content (AvgIpc) is 2.45. The lowest BCUT2D eigenvalue weighted by atomic mass is 9.96. The summed E-state index contributed by atoms with van der Waals surface area (Å²) in [6.45, 7) is 4.71. The van der Waals surface area contributed by atoms with Crippen molar-refractivity contribution < 1.29 is 9.13 Å². The first kappa shape index (κ1) is 15.8. The lowest BCUT2D eigenvalue weighted by Crippen LogP contribution is -2.23. The smallest absolute Gasteiger partial charge is 0.129 e. The Morgan fingerprint density at radius 1 is 1.24 bits per heavy atom. The van der Waals surface area contributed by atoms with Gasteiger partial charge in [0, 0.05) is 10.6 Å². The van der Waals surface area contributed by atoms with Gasteiger partial charge < -0.3 is 10.1 Å². The van der Waals surface area contributed by atoms with E-state index in [1.54, 1.807) is 19.2 Å². The van der Waals surface area contributed by atoms with Crippen molar-refractivity contribution in [1.82, 2.24) is 5.32 Å². The molecule has 4 heteroatoms. The summed E-state index contributed by atoms with van der Waals surface area (Å²) in [5, 5.41) is 3.72. The van der Waals surface area contributed by atoms with Gasteiger partial charge in [0.25, 0.3) is 0 Å². The van der Waals surface area contributed by atoms with E-state index in [1.165, 1.54) is 6.07 Å². The zero-order valence-electron chi connectivity index (χ0n) is 12.4. The first-order valence-electron chi connectivity index (χ1n) is 6.89. The maximum absolute atomic E-state index is 14.2. The van der Waals surface area contributed by atoms with E-state index in [1.807, 2.05) is 32.0 Å². The van der Waals surface area contributed by atoms with Gasteiger partial charge in [0.2, 0.25) is 0 Å². The third-order valence-corrected chi connectivity index (χ3v) is 3.67. The molecule has 1 N–H and O–H groups in total. The molecule has 0 heterocycles. The van der Waals surface area contributed by atoms with Gasteiger partial charge in [0.05, 0.1) is 13.2 Å². The van der Waals surface area contributed by atoms with Gasteiger partial charge >= 0.3 is 0 Å². The Morgan fingerprint density at radius 2 is 2.00 bits per heavy atom. The Kier molecular flexibility index (Phi) is 5.21. The quantitative estimate of drug-likeness (QED) is 0.878. The summed E-state index contributed by atoms with van der Waals surface area (Å²) >= 11 is 5.83. The van der Waals surface area contributed by atoms with E-state index in [9.17, 15) is 4.39 Å². The van der Waals surface area contributed by atoms with Gasteiger partial charge in [-0.15, -0.1) is 0 Å². The van der Waals surface area contributed by atoms with E-state index in [0.717, 1.165) is 23.4 Å². The van der Waals surface area contributed by atoms with Crippen LogP contribution in [0.2, 0.25) is 5.02 Å². The maximum Gasteiger partial charge on any atom is 0.129 e. The van der Waals surface area contributed by atoms with E-state index in [-0.39, 0.29) is 11.9 Å². The maximum atomic E-state index is 14.2. The Bertz CT molecular complexity index is 630. The molecule has 0 spiro atoms. The highest BCUT2D eigenvalue weighted by Gasteiger charge is 2.18. The van der Waals surface area contributed by atoms with Gasteiger partial charge in [0.1, 0.15) is 11.6 Å². The van der Waals surface area contributed by atoms with E-state index in [0.29, 0.717) is 10.6 Å². The average molecular weight is 308 g/mol. The van der Waals surface area contributed by atoms with Crippen molar-refractivity contribution in [3.8, 4) is 5.75 Å². The first-order chi connectivity index (χ1) is 10.1. The van der Waals surface area contributed by atoms with Crippen molar-refractivity contribution in [3.63, 3.8) is 0 Å². The van der Waals surface area contributed by atoms with E-state index in [4.69, 9.17) is 16.3 Å². The van der Waals surface area contributed by atoms with Crippen LogP contribution in [0.1, 0.15) is 29.7 Å². The van der Waals surface area contributed by atoms with Crippen molar-refractivity contribution >= 4 is 11.6 Å². The molecule has 0 amide bonds. The Hall–Kier alpha value is -1.58. The number of hydrogen-bond acceptors (Lipinski definition) is 2. The third-order valence-electron chi connectivity index (χ3n) is 3.43. The first-order valence-corrected chi connectivity index (χ1v) is 7.27. The number of nitrogens with one attached hydrogen (secondary N) is 1. The third kappa shape index (κ3) is 3.55. The molecule has 0 aliphatic heterocycles. The summed E-state index contributed by atoms with van der Waals surface area (Å²) < 4.78 is 19.5. The van der Waals surface area contributed by atoms with E-state index in [2.05, 4.69) is 5.32 Å². The molecule has 2 aromatic carbocycles. The van der Waals surface area contributed by atoms with Crippen molar-refractivity contribution in [1.29, 1.82) is 0 Å². The standard InChI is InChI=1S/C17H19ClFNO/c1-4-20-17(14-7-6-13(18)10-15(14)19)12-5-8-16(21-3)11(2)9-12/h5-10,17,20H,4H2,1-3H3. The fourth-order valence-electron chi connectivity index (χ4n) is 2.43. The SMILES string of the molecule is CCNC(c1ccc(OC)c(C)c1)c1ccc(Cl)cc1F. The molecule has 0 saturated carbocycles. The number of aryl methyl sites for hydroxylation is 1. The predicted molar refractivity (Wildman–Crippen MR) is 84.7 cm³/mol. The number of halogens is 2. The minimum atomic E-state index is -0.304. The normalized spacial score (nSPS) is 12.2. The van der Waals surface area contributed by atoms with Gasteiger partial charge in [0.15, 0.2) is 0 Å². The number of methoxy groups -OCH3 is 1. The predicted octanol–water partition coefficient (Wildman–Crippen LogP) is 4.50. The lowest BCUT2D eigenvalue weighted by molar-refractivity contribution is 0.411. The second-order valence-electron chi connectivity index (χ2n) is 4.89. The molecule has 0 aliphatic carbocycles. The van der Waals surface area contributed by atoms with Crippen molar-refractivity contribution in [2.45, 2.75) is 19.9 Å². The Labute approximate surface area is 129 Å². The molecule has 0 fully saturated rings. The molecule has 2 rings (SSSR count). The lowest BCUT2D eigenvalue weighted by Gasteiger charge is -2.21. The highest BCUT2D eigenvalue weighted by atomic mass is 35.5. The second kappa shape index (κ2) is 6.92. The summed E-state index contributed by atoms with van der Waals surface area (Å²) in [6, 6.07) is 10.4. The van der Waals surface area contributed by atoms with Crippen LogP contribution in [0.4, 0.5) is 4.39 Å². The van der Waals surface area contributed by atoms with Crippen LogP contribution in [0.5, 0.6) is 5.75 Å². The molecule has 0 bridgehead atoms. The molecule has 2 aromatic rings. The van der Waals surface area contributed by atoms with Crippen LogP contribution in [0.3, 0.4) is 0 Å². The molecular weight excluding hydrogens is 289 g/mol. The van der Waals surface area contributed by atoms with Crippen LogP contribution in [-0.2, 0) is 0 Å². The number of hydrogen-bond donors (Lipinski definition) is 1. The van der Waals surface area contributed by atoms with Crippen molar-refractivity contribution in [2.75, 3.05) is 13.7 Å². The van der Waals surface area contributed by atoms with Gasteiger partial charge in [-0.3, -0.25) is 0 Å². The highest BCUT2D eigenvalue weighted by molar-refractivity contribution is 6.30. The fourth-order valence-corrected chi connectivity index (χ4v) is 2.59. The van der Waals surface area contributed by atoms with Crippen LogP contribution in [-0.4, -0.2) is 13.7 Å². The Balaban J connectivity index is 2.45. The molecule has 1 unspecified atom stereocenters. The Morgan fingerprint density at radius 3 is 2.57 bits per heavy atom. The second-order valence-corrected chi connectivity index (χ2v) is 5.32. The molecule has 0 saturated heterocycles. The van der Waals surface area contributed by atoms with Crippen molar-refractivity contribution in [2.24, 2.45) is 0 Å². The fraction of sp³-hybridized carbons (Fsp3) is 0.294. The molecule has 112 valence electrons. The zero-order valence-corrected chi connectivity index (χ0v) is 13.2. The molecule has 21 heavy (non-hydrogen) atoms. The van der Waals surface area contributed by atoms with Crippen molar-refractivity contribution in [3.05, 3.63) is 63.9 Å². The minimum Gasteiger partial charge on any atom is -0.496 e.